The summed E-state index contributed by atoms with van der Waals surface area (Å²) in [4.78, 5) is 2.46. The highest BCUT2D eigenvalue weighted by atomic mass is 16.3. The molecule has 1 aliphatic heterocycles. The van der Waals surface area contributed by atoms with Crippen molar-refractivity contribution in [3.05, 3.63) is 0 Å². The summed E-state index contributed by atoms with van der Waals surface area (Å²) in [5.41, 5.74) is 0. The number of unbranched alkanes of at least 4 members (excludes halogenated alkanes) is 1. The maximum atomic E-state index is 9.20. The smallest absolute Gasteiger partial charge is 0.0586 e. The molecule has 94 valence electrons. The molecule has 1 unspecified atom stereocenters. The van der Waals surface area contributed by atoms with Crippen LogP contribution >= 0.6 is 0 Å². The second kappa shape index (κ2) is 6.58. The van der Waals surface area contributed by atoms with Gasteiger partial charge >= 0.3 is 0 Å². The van der Waals surface area contributed by atoms with Gasteiger partial charge in [0.15, 0.2) is 0 Å². The van der Waals surface area contributed by atoms with Gasteiger partial charge < -0.3 is 10.4 Å². The molecular weight excluding hydrogens is 200 g/mol. The van der Waals surface area contributed by atoms with E-state index in [1.807, 2.05) is 0 Å². The maximum Gasteiger partial charge on any atom is 0.0586 e. The number of nitrogens with zero attached hydrogens (tertiary/aromatic N) is 1. The second-order valence-corrected chi connectivity index (χ2v) is 5.30. The van der Waals surface area contributed by atoms with Gasteiger partial charge in [0.1, 0.15) is 0 Å². The van der Waals surface area contributed by atoms with Gasteiger partial charge in [0.2, 0.25) is 0 Å². The summed E-state index contributed by atoms with van der Waals surface area (Å²) in [6.07, 6.45) is 9.21. The van der Waals surface area contributed by atoms with E-state index in [9.17, 15) is 5.11 Å². The second-order valence-electron chi connectivity index (χ2n) is 5.30. The maximum absolute atomic E-state index is 9.20. The molecule has 2 N–H and O–H groups in total. The standard InChI is InChI=1S/C13H26N2O/c16-11-13-7-4-10-15(13)9-2-1-8-14-12-5-3-6-12/h12-14,16H,1-11H2. The van der Waals surface area contributed by atoms with Crippen molar-refractivity contribution in [2.24, 2.45) is 0 Å². The highest BCUT2D eigenvalue weighted by Crippen LogP contribution is 2.18. The molecule has 16 heavy (non-hydrogen) atoms. The molecule has 0 radical (unpaired) electrons. The van der Waals surface area contributed by atoms with Gasteiger partial charge in [-0.2, -0.15) is 0 Å². The number of likely N-dealkylation sites (tertiary alicyclic amines) is 1. The van der Waals surface area contributed by atoms with Crippen LogP contribution in [-0.2, 0) is 0 Å². The van der Waals surface area contributed by atoms with Crippen LogP contribution in [0.1, 0.15) is 44.9 Å². The minimum atomic E-state index is 0.348. The van der Waals surface area contributed by atoms with Crippen LogP contribution in [0.5, 0.6) is 0 Å². The van der Waals surface area contributed by atoms with E-state index in [0.717, 1.165) is 6.04 Å². The molecule has 1 aliphatic carbocycles. The van der Waals surface area contributed by atoms with Crippen LogP contribution < -0.4 is 5.32 Å². The first kappa shape index (κ1) is 12.3. The molecule has 3 heteroatoms. The Hall–Kier alpha value is -0.120. The topological polar surface area (TPSA) is 35.5 Å². The zero-order valence-corrected chi connectivity index (χ0v) is 10.3. The average molecular weight is 226 g/mol. The zero-order chi connectivity index (χ0) is 11.2. The van der Waals surface area contributed by atoms with E-state index in [0.29, 0.717) is 12.6 Å². The minimum Gasteiger partial charge on any atom is -0.395 e. The number of aliphatic hydroxyl groups is 1. The van der Waals surface area contributed by atoms with Crippen LogP contribution in [0.25, 0.3) is 0 Å². The fourth-order valence-electron chi connectivity index (χ4n) is 2.75. The molecular formula is C13H26N2O. The van der Waals surface area contributed by atoms with Gasteiger partial charge in [-0.1, -0.05) is 6.42 Å². The Morgan fingerprint density at radius 2 is 2.00 bits per heavy atom. The van der Waals surface area contributed by atoms with E-state index in [4.69, 9.17) is 0 Å². The van der Waals surface area contributed by atoms with Crippen LogP contribution in [-0.4, -0.2) is 48.3 Å². The zero-order valence-electron chi connectivity index (χ0n) is 10.3. The molecule has 0 bridgehead atoms. The van der Waals surface area contributed by atoms with Crippen molar-refractivity contribution in [2.75, 3.05) is 26.2 Å². The van der Waals surface area contributed by atoms with Crippen molar-refractivity contribution in [3.63, 3.8) is 0 Å². The Labute approximate surface area is 99.2 Å². The van der Waals surface area contributed by atoms with E-state index in [2.05, 4.69) is 10.2 Å². The van der Waals surface area contributed by atoms with Gasteiger partial charge in [0.25, 0.3) is 0 Å². The monoisotopic (exact) mass is 226 g/mol. The highest BCUT2D eigenvalue weighted by molar-refractivity contribution is 4.79. The summed E-state index contributed by atoms with van der Waals surface area (Å²) in [5.74, 6) is 0. The molecule has 0 amide bonds. The van der Waals surface area contributed by atoms with Crippen molar-refractivity contribution in [2.45, 2.75) is 57.0 Å². The summed E-state index contributed by atoms with van der Waals surface area (Å²) in [7, 11) is 0. The largest absolute Gasteiger partial charge is 0.395 e. The Kier molecular flexibility index (Phi) is 5.07. The quantitative estimate of drug-likeness (QED) is 0.644. The average Bonchev–Trinajstić information content (AvgIpc) is 2.68. The van der Waals surface area contributed by atoms with Crippen molar-refractivity contribution < 1.29 is 5.11 Å². The van der Waals surface area contributed by atoms with Crippen molar-refractivity contribution >= 4 is 0 Å². The summed E-state index contributed by atoms with van der Waals surface area (Å²) in [5, 5.41) is 12.8. The minimum absolute atomic E-state index is 0.348. The first-order chi connectivity index (χ1) is 7.90. The third kappa shape index (κ3) is 3.44. The molecule has 3 nitrogen and oxygen atoms in total. The Bertz CT molecular complexity index is 194. The first-order valence-electron chi connectivity index (χ1n) is 6.98. The van der Waals surface area contributed by atoms with Crippen LogP contribution in [0.3, 0.4) is 0 Å². The molecule has 2 rings (SSSR count). The predicted molar refractivity (Wildman–Crippen MR) is 66.6 cm³/mol. The fraction of sp³-hybridized carbons (Fsp3) is 1.00. The number of hydrogen-bond acceptors (Lipinski definition) is 3. The molecule has 1 saturated carbocycles. The lowest BCUT2D eigenvalue weighted by Crippen LogP contribution is -2.36. The highest BCUT2D eigenvalue weighted by Gasteiger charge is 2.22. The van der Waals surface area contributed by atoms with E-state index < -0.39 is 0 Å². The molecule has 0 aromatic rings. The summed E-state index contributed by atoms with van der Waals surface area (Å²) in [6, 6.07) is 1.29. The predicted octanol–water partition coefficient (Wildman–Crippen LogP) is 1.37. The number of aliphatic hydroxyl groups excluding tert-OH is 1. The van der Waals surface area contributed by atoms with Crippen molar-refractivity contribution in [1.82, 2.24) is 10.2 Å². The molecule has 0 aromatic heterocycles. The van der Waals surface area contributed by atoms with E-state index in [1.54, 1.807) is 0 Å². The van der Waals surface area contributed by atoms with Gasteiger partial charge in [-0.15, -0.1) is 0 Å². The normalized spacial score (nSPS) is 27.2. The van der Waals surface area contributed by atoms with Crippen LogP contribution in [0, 0.1) is 0 Å². The fourth-order valence-corrected chi connectivity index (χ4v) is 2.75. The van der Waals surface area contributed by atoms with Gasteiger partial charge in [-0.25, -0.2) is 0 Å². The summed E-state index contributed by atoms with van der Waals surface area (Å²) < 4.78 is 0. The Balaban J connectivity index is 1.47. The molecule has 1 heterocycles. The first-order valence-corrected chi connectivity index (χ1v) is 6.98. The van der Waals surface area contributed by atoms with E-state index >= 15 is 0 Å². The van der Waals surface area contributed by atoms with Gasteiger partial charge in [-0.05, 0) is 58.2 Å². The molecule has 2 aliphatic rings. The molecule has 1 atom stereocenters. The van der Waals surface area contributed by atoms with Gasteiger partial charge in [-0.3, -0.25) is 4.90 Å². The van der Waals surface area contributed by atoms with E-state index in [-0.39, 0.29) is 0 Å². The number of nitrogens with one attached hydrogen (secondary N) is 1. The number of rotatable bonds is 7. The lowest BCUT2D eigenvalue weighted by Gasteiger charge is -2.27. The van der Waals surface area contributed by atoms with Crippen LogP contribution in [0.4, 0.5) is 0 Å². The van der Waals surface area contributed by atoms with Gasteiger partial charge in [0.05, 0.1) is 6.61 Å². The molecule has 2 fully saturated rings. The Morgan fingerprint density at radius 3 is 2.69 bits per heavy atom. The van der Waals surface area contributed by atoms with Crippen molar-refractivity contribution in [1.29, 1.82) is 0 Å². The molecule has 0 aromatic carbocycles. The summed E-state index contributed by atoms with van der Waals surface area (Å²) >= 11 is 0. The lowest BCUT2D eigenvalue weighted by atomic mass is 9.93. The van der Waals surface area contributed by atoms with Gasteiger partial charge in [0, 0.05) is 12.1 Å². The summed E-state index contributed by atoms with van der Waals surface area (Å²) in [6.45, 7) is 3.90. The molecule has 0 spiro atoms. The van der Waals surface area contributed by atoms with E-state index in [1.165, 1.54) is 64.6 Å². The Morgan fingerprint density at radius 1 is 1.12 bits per heavy atom. The lowest BCUT2D eigenvalue weighted by molar-refractivity contribution is 0.157. The number of hydrogen-bond donors (Lipinski definition) is 2. The SMILES string of the molecule is OCC1CCCN1CCCCNC1CCC1. The van der Waals surface area contributed by atoms with Crippen molar-refractivity contribution in [3.8, 4) is 0 Å². The molecule has 1 saturated heterocycles. The third-order valence-corrected chi connectivity index (χ3v) is 4.12. The third-order valence-electron chi connectivity index (χ3n) is 4.12. The van der Waals surface area contributed by atoms with Crippen LogP contribution in [0.2, 0.25) is 0 Å². The van der Waals surface area contributed by atoms with Crippen LogP contribution in [0.15, 0.2) is 0 Å².